The zero-order valence-corrected chi connectivity index (χ0v) is 11.3. The summed E-state index contributed by atoms with van der Waals surface area (Å²) in [6.45, 7) is 1.93. The molecule has 0 fully saturated rings. The van der Waals surface area contributed by atoms with Crippen LogP contribution in [0.3, 0.4) is 0 Å². The summed E-state index contributed by atoms with van der Waals surface area (Å²) in [5, 5.41) is 12.4. The van der Waals surface area contributed by atoms with Crippen LogP contribution in [0.15, 0.2) is 28.8 Å². The topological polar surface area (TPSA) is 69.8 Å². The molecule has 1 aliphatic heterocycles. The van der Waals surface area contributed by atoms with Gasteiger partial charge in [0.2, 0.25) is 0 Å². The van der Waals surface area contributed by atoms with Gasteiger partial charge < -0.3 is 19.4 Å². The molecule has 0 radical (unpaired) electrons. The zero-order valence-electron chi connectivity index (χ0n) is 11.3. The summed E-state index contributed by atoms with van der Waals surface area (Å²) in [7, 11) is 4.10. The number of likely N-dealkylation sites (N-methyl/N-ethyl adjacent to an activating group) is 2. The molecule has 1 aromatic carbocycles. The predicted molar refractivity (Wildman–Crippen MR) is 75.4 cm³/mol. The first-order chi connectivity index (χ1) is 9.56. The molecule has 6 nitrogen and oxygen atoms in total. The van der Waals surface area contributed by atoms with E-state index in [1.807, 2.05) is 25.2 Å². The molecule has 1 aromatic heterocycles. The van der Waals surface area contributed by atoms with Crippen molar-refractivity contribution in [3.63, 3.8) is 0 Å². The molecule has 0 unspecified atom stereocenters. The number of nitrogens with zero attached hydrogens (tertiary/aromatic N) is 3. The summed E-state index contributed by atoms with van der Waals surface area (Å²) < 4.78 is 5.10. The molecule has 20 heavy (non-hydrogen) atoms. The minimum atomic E-state index is -1.09. The molecule has 0 saturated carbocycles. The Morgan fingerprint density at radius 1 is 1.20 bits per heavy atom. The first-order valence-electron chi connectivity index (χ1n) is 6.33. The number of hydrogen-bond acceptors (Lipinski definition) is 5. The summed E-state index contributed by atoms with van der Waals surface area (Å²) in [4.78, 5) is 15.2. The van der Waals surface area contributed by atoms with E-state index in [0.717, 1.165) is 30.0 Å². The number of aromatic carboxylic acids is 1. The number of anilines is 2. The fourth-order valence-corrected chi connectivity index (χ4v) is 2.36. The molecule has 6 heteroatoms. The normalized spacial score (nSPS) is 14.3. The molecule has 2 heterocycles. The van der Waals surface area contributed by atoms with Gasteiger partial charge >= 0.3 is 5.97 Å². The smallest absolute Gasteiger partial charge is 0.358 e. The lowest BCUT2D eigenvalue weighted by Gasteiger charge is -2.34. The van der Waals surface area contributed by atoms with E-state index >= 15 is 0 Å². The second-order valence-electron chi connectivity index (χ2n) is 4.93. The van der Waals surface area contributed by atoms with Crippen molar-refractivity contribution in [3.8, 4) is 11.3 Å². The Hall–Kier alpha value is -2.50. The maximum absolute atomic E-state index is 10.8. The van der Waals surface area contributed by atoms with Gasteiger partial charge in [0.05, 0.1) is 11.4 Å². The highest BCUT2D eigenvalue weighted by molar-refractivity contribution is 5.87. The van der Waals surface area contributed by atoms with Crippen molar-refractivity contribution in [2.24, 2.45) is 0 Å². The fourth-order valence-electron chi connectivity index (χ4n) is 2.36. The summed E-state index contributed by atoms with van der Waals surface area (Å²) in [5.74, 6) is -0.623. The first-order valence-corrected chi connectivity index (χ1v) is 6.33. The second-order valence-corrected chi connectivity index (χ2v) is 4.93. The van der Waals surface area contributed by atoms with Crippen molar-refractivity contribution >= 4 is 17.3 Å². The van der Waals surface area contributed by atoms with Gasteiger partial charge in [-0.15, -0.1) is 0 Å². The van der Waals surface area contributed by atoms with Gasteiger partial charge in [-0.25, -0.2) is 4.79 Å². The number of carbonyl (C=O) groups is 1. The monoisotopic (exact) mass is 273 g/mol. The lowest BCUT2D eigenvalue weighted by molar-refractivity contribution is 0.0686. The third-order valence-electron chi connectivity index (χ3n) is 3.58. The maximum atomic E-state index is 10.8. The van der Waals surface area contributed by atoms with E-state index < -0.39 is 5.97 Å². The molecular weight excluding hydrogens is 258 g/mol. The van der Waals surface area contributed by atoms with Crippen LogP contribution in [0.25, 0.3) is 11.3 Å². The number of carboxylic acids is 1. The number of fused-ring (bicyclic) bond motifs is 1. The first kappa shape index (κ1) is 12.5. The van der Waals surface area contributed by atoms with Gasteiger partial charge in [-0.1, -0.05) is 5.16 Å². The van der Waals surface area contributed by atoms with Gasteiger partial charge in [-0.3, -0.25) is 0 Å². The highest BCUT2D eigenvalue weighted by Gasteiger charge is 2.19. The molecule has 1 aliphatic rings. The van der Waals surface area contributed by atoms with E-state index in [4.69, 9.17) is 9.63 Å². The molecule has 2 aromatic rings. The lowest BCUT2D eigenvalue weighted by atomic mass is 10.1. The van der Waals surface area contributed by atoms with E-state index in [0.29, 0.717) is 5.76 Å². The SMILES string of the molecule is CN1CCN(C)c2cc(-c3cc(C(=O)O)no3)ccc21. The Labute approximate surface area is 116 Å². The second kappa shape index (κ2) is 4.56. The molecular formula is C14H15N3O3. The minimum Gasteiger partial charge on any atom is -0.476 e. The number of carboxylic acid groups (broad SMARTS) is 1. The Balaban J connectivity index is 2.03. The zero-order chi connectivity index (χ0) is 14.3. The van der Waals surface area contributed by atoms with Crippen molar-refractivity contribution in [3.05, 3.63) is 30.0 Å². The lowest BCUT2D eigenvalue weighted by Crippen LogP contribution is -2.36. The highest BCUT2D eigenvalue weighted by atomic mass is 16.5. The third-order valence-corrected chi connectivity index (χ3v) is 3.58. The van der Waals surface area contributed by atoms with Crippen LogP contribution >= 0.6 is 0 Å². The van der Waals surface area contributed by atoms with E-state index in [9.17, 15) is 4.79 Å². The molecule has 1 N–H and O–H groups in total. The Kier molecular flexibility index (Phi) is 2.85. The van der Waals surface area contributed by atoms with Crippen LogP contribution in [0, 0.1) is 0 Å². The Morgan fingerprint density at radius 2 is 1.90 bits per heavy atom. The van der Waals surface area contributed by atoms with E-state index in [-0.39, 0.29) is 5.69 Å². The van der Waals surface area contributed by atoms with Crippen LogP contribution in [-0.4, -0.2) is 43.4 Å². The summed E-state index contributed by atoms with van der Waals surface area (Å²) in [6.07, 6.45) is 0. The minimum absolute atomic E-state index is 0.0804. The largest absolute Gasteiger partial charge is 0.476 e. The van der Waals surface area contributed by atoms with Gasteiger partial charge in [0, 0.05) is 38.8 Å². The Morgan fingerprint density at radius 3 is 2.55 bits per heavy atom. The van der Waals surface area contributed by atoms with E-state index in [1.165, 1.54) is 6.07 Å². The Bertz CT molecular complexity index is 665. The number of rotatable bonds is 2. The van der Waals surface area contributed by atoms with Crippen molar-refractivity contribution in [2.75, 3.05) is 37.0 Å². The van der Waals surface area contributed by atoms with Gasteiger partial charge in [0.25, 0.3) is 0 Å². The average molecular weight is 273 g/mol. The molecule has 0 atom stereocenters. The van der Waals surface area contributed by atoms with Crippen LogP contribution < -0.4 is 9.80 Å². The van der Waals surface area contributed by atoms with Gasteiger partial charge in [-0.05, 0) is 18.2 Å². The quantitative estimate of drug-likeness (QED) is 0.901. The van der Waals surface area contributed by atoms with Crippen LogP contribution in [0.4, 0.5) is 11.4 Å². The van der Waals surface area contributed by atoms with Crippen molar-refractivity contribution < 1.29 is 14.4 Å². The van der Waals surface area contributed by atoms with E-state index in [2.05, 4.69) is 22.0 Å². The van der Waals surface area contributed by atoms with Gasteiger partial charge in [-0.2, -0.15) is 0 Å². The molecule has 0 saturated heterocycles. The van der Waals surface area contributed by atoms with Gasteiger partial charge in [0.1, 0.15) is 0 Å². The number of benzene rings is 1. The van der Waals surface area contributed by atoms with Crippen LogP contribution in [0.2, 0.25) is 0 Å². The summed E-state index contributed by atoms with van der Waals surface area (Å²) in [6, 6.07) is 7.37. The van der Waals surface area contributed by atoms with Crippen molar-refractivity contribution in [1.29, 1.82) is 0 Å². The maximum Gasteiger partial charge on any atom is 0.358 e. The summed E-state index contributed by atoms with van der Waals surface area (Å²) >= 11 is 0. The fraction of sp³-hybridized carbons (Fsp3) is 0.286. The molecule has 3 rings (SSSR count). The molecule has 0 bridgehead atoms. The predicted octanol–water partition coefficient (Wildman–Crippen LogP) is 1.93. The average Bonchev–Trinajstić information content (AvgIpc) is 2.93. The van der Waals surface area contributed by atoms with Crippen molar-refractivity contribution in [1.82, 2.24) is 5.16 Å². The standard InChI is InChI=1S/C14H15N3O3/c1-16-5-6-17(2)12-7-9(3-4-11(12)16)13-8-10(14(18)19)15-20-13/h3-4,7-8H,5-6H2,1-2H3,(H,18,19). The number of hydrogen-bond donors (Lipinski definition) is 1. The highest BCUT2D eigenvalue weighted by Crippen LogP contribution is 2.35. The third kappa shape index (κ3) is 1.99. The van der Waals surface area contributed by atoms with Crippen LogP contribution in [0.1, 0.15) is 10.5 Å². The van der Waals surface area contributed by atoms with Crippen LogP contribution in [0.5, 0.6) is 0 Å². The molecule has 0 spiro atoms. The van der Waals surface area contributed by atoms with E-state index in [1.54, 1.807) is 0 Å². The van der Waals surface area contributed by atoms with Gasteiger partial charge in [0.15, 0.2) is 11.5 Å². The molecule has 104 valence electrons. The number of aromatic nitrogens is 1. The summed E-state index contributed by atoms with van der Waals surface area (Å²) in [5.41, 5.74) is 3.00. The van der Waals surface area contributed by atoms with Crippen molar-refractivity contribution in [2.45, 2.75) is 0 Å². The van der Waals surface area contributed by atoms with Crippen LogP contribution in [-0.2, 0) is 0 Å². The molecule has 0 amide bonds. The molecule has 0 aliphatic carbocycles.